The number of ether oxygens (including phenoxy) is 6. The van der Waals surface area contributed by atoms with Crippen LogP contribution in [0.15, 0.2) is 0 Å². The summed E-state index contributed by atoms with van der Waals surface area (Å²) in [6, 6.07) is 0. The minimum atomic E-state index is -1.95. The number of rotatable bonds is 9. The lowest BCUT2D eigenvalue weighted by molar-refractivity contribution is -0.175. The largest absolute Gasteiger partial charge is 0.469 e. The van der Waals surface area contributed by atoms with Crippen LogP contribution >= 0.6 is 0 Å². The van der Waals surface area contributed by atoms with Crippen molar-refractivity contribution in [2.24, 2.45) is 33.5 Å². The number of esters is 6. The Hall–Kier alpha value is -3.18. The van der Waals surface area contributed by atoms with Crippen molar-refractivity contribution < 1.29 is 57.2 Å². The van der Waals surface area contributed by atoms with Crippen LogP contribution in [0.4, 0.5) is 0 Å². The fourth-order valence-electron chi connectivity index (χ4n) is 5.87. The predicted octanol–water partition coefficient (Wildman–Crippen LogP) is 0.0496. The molecule has 0 aromatic rings. The summed E-state index contributed by atoms with van der Waals surface area (Å²) in [5.41, 5.74) is -6.42. The van der Waals surface area contributed by atoms with Crippen molar-refractivity contribution in [1.29, 1.82) is 0 Å². The number of hydrogen-bond donors (Lipinski definition) is 0. The first kappa shape index (κ1) is 27.1. The molecular weight excluding hydrogens is 456 g/mol. The van der Waals surface area contributed by atoms with Gasteiger partial charge in [-0.2, -0.15) is 0 Å². The topological polar surface area (TPSA) is 158 Å². The van der Waals surface area contributed by atoms with Crippen LogP contribution in [-0.4, -0.2) is 77.5 Å². The number of carbonyl (C=O) groups is 6. The highest BCUT2D eigenvalue weighted by Crippen LogP contribution is 2.90. The Balaban J connectivity index is 2.67. The van der Waals surface area contributed by atoms with Crippen LogP contribution in [0.2, 0.25) is 0 Å². The lowest BCUT2D eigenvalue weighted by Gasteiger charge is -2.30. The highest BCUT2D eigenvalue weighted by molar-refractivity contribution is 6.06. The van der Waals surface area contributed by atoms with Crippen LogP contribution in [0.1, 0.15) is 27.7 Å². The van der Waals surface area contributed by atoms with Gasteiger partial charge in [-0.3, -0.25) is 19.2 Å². The molecule has 0 N–H and O–H groups in total. The van der Waals surface area contributed by atoms with Gasteiger partial charge >= 0.3 is 35.8 Å². The van der Waals surface area contributed by atoms with E-state index < -0.39 is 82.5 Å². The Labute approximate surface area is 196 Å². The van der Waals surface area contributed by atoms with Crippen LogP contribution < -0.4 is 0 Å². The second kappa shape index (κ2) is 8.88. The molecule has 0 unspecified atom stereocenters. The van der Waals surface area contributed by atoms with E-state index in [1.54, 1.807) is 13.8 Å². The van der Waals surface area contributed by atoms with Crippen molar-refractivity contribution in [2.45, 2.75) is 27.7 Å². The summed E-state index contributed by atoms with van der Waals surface area (Å²) in [6.07, 6.45) is 0. The Morgan fingerprint density at radius 2 is 0.971 bits per heavy atom. The number of carbonyl (C=O) groups excluding carboxylic acids is 6. The third kappa shape index (κ3) is 3.33. The summed E-state index contributed by atoms with van der Waals surface area (Å²) in [5.74, 6) is -8.01. The van der Waals surface area contributed by atoms with E-state index >= 15 is 0 Å². The quantitative estimate of drug-likeness (QED) is 0.319. The molecule has 0 amide bonds. The number of hydrogen-bond acceptors (Lipinski definition) is 12. The van der Waals surface area contributed by atoms with Gasteiger partial charge in [-0.05, 0) is 10.8 Å². The standard InChI is InChI=1S/C22H30O12/c1-19(2)13(15(25)31-7)22(19,18(28)34-10-12(24)30-6)21(17(27)32-8)14(20(21,3)4)16(26)33-9-11(23)29-5/h13-14H,9-10H2,1-8H3/t13-,14-,21-,22-/m1/s1. The van der Waals surface area contributed by atoms with Gasteiger partial charge in [0.05, 0.1) is 40.3 Å². The second-order valence-corrected chi connectivity index (χ2v) is 9.28. The summed E-state index contributed by atoms with van der Waals surface area (Å²) in [6.45, 7) is 4.66. The van der Waals surface area contributed by atoms with Gasteiger partial charge in [0.2, 0.25) is 0 Å². The highest BCUT2D eigenvalue weighted by Gasteiger charge is 3.00. The summed E-state index contributed by atoms with van der Waals surface area (Å²) in [7, 11) is 4.39. The lowest BCUT2D eigenvalue weighted by Crippen LogP contribution is -2.45. The molecule has 2 aliphatic rings. The Bertz CT molecular complexity index is 919. The van der Waals surface area contributed by atoms with Crippen LogP contribution in [0.25, 0.3) is 0 Å². The van der Waals surface area contributed by atoms with Crippen molar-refractivity contribution in [1.82, 2.24) is 0 Å². The fraction of sp³-hybridized carbons (Fsp3) is 0.727. The van der Waals surface area contributed by atoms with E-state index in [-0.39, 0.29) is 0 Å². The molecule has 34 heavy (non-hydrogen) atoms. The average molecular weight is 486 g/mol. The smallest absolute Gasteiger partial charge is 0.344 e. The van der Waals surface area contributed by atoms with Gasteiger partial charge in [-0.25, -0.2) is 9.59 Å². The normalized spacial score (nSPS) is 29.6. The molecule has 190 valence electrons. The van der Waals surface area contributed by atoms with Crippen molar-refractivity contribution in [2.75, 3.05) is 41.7 Å². The van der Waals surface area contributed by atoms with Crippen LogP contribution in [0, 0.1) is 33.5 Å². The van der Waals surface area contributed by atoms with Crippen molar-refractivity contribution >= 4 is 35.8 Å². The third-order valence-electron chi connectivity index (χ3n) is 7.41. The van der Waals surface area contributed by atoms with E-state index in [0.717, 1.165) is 28.4 Å². The first-order valence-corrected chi connectivity index (χ1v) is 10.3. The second-order valence-electron chi connectivity index (χ2n) is 9.28. The van der Waals surface area contributed by atoms with Gasteiger partial charge in [-0.1, -0.05) is 27.7 Å². The summed E-state index contributed by atoms with van der Waals surface area (Å²) in [5, 5.41) is 0. The number of methoxy groups -OCH3 is 4. The van der Waals surface area contributed by atoms with Crippen molar-refractivity contribution in [3.63, 3.8) is 0 Å². The Morgan fingerprint density at radius 3 is 1.38 bits per heavy atom. The fourth-order valence-corrected chi connectivity index (χ4v) is 5.87. The van der Waals surface area contributed by atoms with Gasteiger partial charge in [-0.15, -0.1) is 0 Å². The van der Waals surface area contributed by atoms with Crippen LogP contribution in [-0.2, 0) is 57.2 Å². The molecule has 0 bridgehead atoms. The molecule has 0 aliphatic heterocycles. The summed E-state index contributed by atoms with van der Waals surface area (Å²) in [4.78, 5) is 75.9. The van der Waals surface area contributed by atoms with Gasteiger partial charge in [0, 0.05) is 0 Å². The SMILES string of the molecule is COC(=O)COC(=O)[C@@H]1C(C)(C)[C@@]1(C(=O)OC)[C@@]1(C(=O)OCC(=O)OC)[C@H](C(=O)OC)C1(C)C. The molecule has 12 heteroatoms. The molecular formula is C22H30O12. The van der Waals surface area contributed by atoms with E-state index in [9.17, 15) is 28.8 Å². The van der Waals surface area contributed by atoms with Gasteiger partial charge in [0.15, 0.2) is 13.2 Å². The molecule has 0 aromatic heterocycles. The predicted molar refractivity (Wildman–Crippen MR) is 109 cm³/mol. The average Bonchev–Trinajstić information content (AvgIpc) is 3.55. The first-order valence-electron chi connectivity index (χ1n) is 10.3. The Kier molecular flexibility index (Phi) is 7.07. The van der Waals surface area contributed by atoms with E-state index in [4.69, 9.17) is 18.9 Å². The van der Waals surface area contributed by atoms with E-state index in [0.29, 0.717) is 0 Å². The van der Waals surface area contributed by atoms with Crippen molar-refractivity contribution in [3.05, 3.63) is 0 Å². The van der Waals surface area contributed by atoms with E-state index in [1.165, 1.54) is 13.8 Å². The van der Waals surface area contributed by atoms with E-state index in [2.05, 4.69) is 9.47 Å². The molecule has 2 saturated carbocycles. The molecule has 0 heterocycles. The maximum atomic E-state index is 13.6. The summed E-state index contributed by atoms with van der Waals surface area (Å²) < 4.78 is 29.1. The first-order chi connectivity index (χ1) is 15.7. The minimum absolute atomic E-state index is 0.719. The zero-order valence-corrected chi connectivity index (χ0v) is 20.5. The van der Waals surface area contributed by atoms with Crippen LogP contribution in [0.3, 0.4) is 0 Å². The molecule has 4 atom stereocenters. The molecule has 12 nitrogen and oxygen atoms in total. The van der Waals surface area contributed by atoms with Crippen LogP contribution in [0.5, 0.6) is 0 Å². The Morgan fingerprint density at radius 1 is 0.559 bits per heavy atom. The van der Waals surface area contributed by atoms with Gasteiger partial charge in [0.25, 0.3) is 0 Å². The molecule has 0 aromatic carbocycles. The maximum Gasteiger partial charge on any atom is 0.344 e. The zero-order valence-electron chi connectivity index (χ0n) is 20.5. The molecule has 0 saturated heterocycles. The monoisotopic (exact) mass is 486 g/mol. The molecule has 0 radical (unpaired) electrons. The lowest BCUT2D eigenvalue weighted by atomic mass is 9.73. The highest BCUT2D eigenvalue weighted by atomic mass is 16.6. The molecule has 2 fully saturated rings. The molecule has 2 rings (SSSR count). The third-order valence-corrected chi connectivity index (χ3v) is 7.41. The maximum absolute atomic E-state index is 13.6. The van der Waals surface area contributed by atoms with Gasteiger partial charge in [0.1, 0.15) is 10.8 Å². The molecule has 2 aliphatic carbocycles. The minimum Gasteiger partial charge on any atom is -0.469 e. The van der Waals surface area contributed by atoms with Gasteiger partial charge < -0.3 is 28.4 Å². The zero-order chi connectivity index (χ0) is 26.3. The van der Waals surface area contributed by atoms with Crippen molar-refractivity contribution in [3.8, 4) is 0 Å². The summed E-state index contributed by atoms with van der Waals surface area (Å²) >= 11 is 0. The van der Waals surface area contributed by atoms with E-state index in [1.807, 2.05) is 0 Å². The molecule has 0 spiro atoms.